The van der Waals surface area contributed by atoms with Crippen LogP contribution in [0.1, 0.15) is 83.0 Å². The zero-order valence-electron chi connectivity index (χ0n) is 27.5. The number of epoxide rings is 2. The van der Waals surface area contributed by atoms with E-state index in [-0.39, 0.29) is 59.8 Å². The first-order chi connectivity index (χ1) is 22.0. The highest BCUT2D eigenvalue weighted by molar-refractivity contribution is 6.08. The summed E-state index contributed by atoms with van der Waals surface area (Å²) < 4.78 is 21.5. The molecule has 2 saturated heterocycles. The number of benzene rings is 1. The van der Waals surface area contributed by atoms with E-state index >= 15 is 0 Å². The van der Waals surface area contributed by atoms with E-state index in [0.717, 1.165) is 44.9 Å². The molecule has 0 radical (unpaired) electrons. The van der Waals surface area contributed by atoms with Crippen molar-refractivity contribution in [3.8, 4) is 0 Å². The van der Waals surface area contributed by atoms with E-state index in [0.29, 0.717) is 43.4 Å². The molecule has 0 aromatic heterocycles. The van der Waals surface area contributed by atoms with E-state index in [4.69, 9.17) is 18.9 Å². The number of carbonyl (C=O) groups excluding carboxylic acids is 4. The Morgan fingerprint density at radius 3 is 2.26 bits per heavy atom. The van der Waals surface area contributed by atoms with Crippen LogP contribution in [0, 0.1) is 45.8 Å². The minimum absolute atomic E-state index is 0.0263. The van der Waals surface area contributed by atoms with E-state index in [2.05, 4.69) is 33.8 Å². The maximum Gasteiger partial charge on any atom is 0.338 e. The summed E-state index contributed by atoms with van der Waals surface area (Å²) in [4.78, 5) is 54.6. The van der Waals surface area contributed by atoms with Gasteiger partial charge in [-0.2, -0.15) is 0 Å². The average molecular weight is 634 g/mol. The molecule has 5 aliphatic carbocycles. The Morgan fingerprint density at radius 1 is 0.957 bits per heavy atom. The van der Waals surface area contributed by atoms with Crippen molar-refractivity contribution in [2.24, 2.45) is 45.8 Å². The normalized spacial score (nSPS) is 38.6. The molecule has 8 rings (SSSR count). The fourth-order valence-electron chi connectivity index (χ4n) is 10.2. The molecule has 9 atom stereocenters. The van der Waals surface area contributed by atoms with Crippen molar-refractivity contribution in [1.82, 2.24) is 0 Å². The van der Waals surface area contributed by atoms with Crippen molar-refractivity contribution < 1.29 is 38.1 Å². The summed E-state index contributed by atoms with van der Waals surface area (Å²) in [5.74, 6) is -0.101. The monoisotopic (exact) mass is 633 g/mol. The summed E-state index contributed by atoms with van der Waals surface area (Å²) >= 11 is 0. The summed E-state index contributed by atoms with van der Waals surface area (Å²) in [6.07, 6.45) is 9.20. The fraction of sp³-hybridized carbons (Fsp3) is 0.676. The second-order valence-electron chi connectivity index (χ2n) is 15.5. The quantitative estimate of drug-likeness (QED) is 0.144. The van der Waals surface area contributed by atoms with Crippen LogP contribution in [0.15, 0.2) is 35.9 Å². The van der Waals surface area contributed by atoms with Crippen LogP contribution in [0.5, 0.6) is 0 Å². The van der Waals surface area contributed by atoms with Gasteiger partial charge in [-0.05, 0) is 98.8 Å². The molecule has 7 aliphatic rings. The van der Waals surface area contributed by atoms with Crippen LogP contribution in [-0.2, 0) is 33.3 Å². The van der Waals surface area contributed by atoms with Gasteiger partial charge in [0.25, 0.3) is 0 Å². The molecule has 2 bridgehead atoms. The number of nitrogens with zero attached hydrogens (tertiary/aromatic N) is 1. The maximum atomic E-state index is 14.6. The topological polar surface area (TPSA) is 115 Å². The number of esters is 2. The molecule has 46 heavy (non-hydrogen) atoms. The molecule has 1 aromatic carbocycles. The van der Waals surface area contributed by atoms with Crippen LogP contribution in [0.2, 0.25) is 0 Å². The summed E-state index contributed by atoms with van der Waals surface area (Å²) in [6.45, 7) is 10.7. The summed E-state index contributed by atoms with van der Waals surface area (Å²) in [5.41, 5.74) is 1.12. The third kappa shape index (κ3) is 5.22. The van der Waals surface area contributed by atoms with Gasteiger partial charge in [-0.3, -0.25) is 19.3 Å². The number of anilines is 1. The van der Waals surface area contributed by atoms with Gasteiger partial charge >= 0.3 is 11.9 Å². The van der Waals surface area contributed by atoms with Crippen LogP contribution in [0.25, 0.3) is 0 Å². The summed E-state index contributed by atoms with van der Waals surface area (Å²) in [7, 11) is 0. The number of imide groups is 1. The van der Waals surface area contributed by atoms with Gasteiger partial charge in [-0.15, -0.1) is 0 Å². The number of carbonyl (C=O) groups is 4. The fourth-order valence-corrected chi connectivity index (χ4v) is 10.2. The van der Waals surface area contributed by atoms with E-state index in [1.807, 2.05) is 0 Å². The first kappa shape index (κ1) is 31.6. The maximum absolute atomic E-state index is 14.6. The van der Waals surface area contributed by atoms with E-state index < -0.39 is 16.8 Å². The van der Waals surface area contributed by atoms with Gasteiger partial charge in [-0.1, -0.05) is 38.8 Å². The molecule has 0 N–H and O–H groups in total. The molecule has 5 fully saturated rings. The van der Waals surface area contributed by atoms with Gasteiger partial charge in [0.15, 0.2) is 0 Å². The second-order valence-corrected chi connectivity index (χ2v) is 15.5. The molecule has 2 aliphatic heterocycles. The van der Waals surface area contributed by atoms with Crippen LogP contribution in [0.3, 0.4) is 0 Å². The van der Waals surface area contributed by atoms with Crippen LogP contribution >= 0.6 is 0 Å². The van der Waals surface area contributed by atoms with Gasteiger partial charge in [0.1, 0.15) is 25.4 Å². The van der Waals surface area contributed by atoms with Crippen molar-refractivity contribution in [3.63, 3.8) is 0 Å². The molecule has 3 saturated carbocycles. The predicted octanol–water partition coefficient (Wildman–Crippen LogP) is 5.50. The zero-order chi connectivity index (χ0) is 32.4. The Labute approximate surface area is 271 Å². The van der Waals surface area contributed by atoms with E-state index in [9.17, 15) is 19.2 Å². The number of fused-ring (bicyclic) bond motifs is 2. The minimum Gasteiger partial charge on any atom is -0.462 e. The largest absolute Gasteiger partial charge is 0.462 e. The molecule has 9 heteroatoms. The highest BCUT2D eigenvalue weighted by atomic mass is 16.6. The lowest BCUT2D eigenvalue weighted by atomic mass is 9.36. The smallest absolute Gasteiger partial charge is 0.338 e. The minimum atomic E-state index is -0.576. The molecule has 1 spiro atoms. The molecule has 1 aromatic rings. The molecular weight excluding hydrogens is 586 g/mol. The molecule has 9 unspecified atom stereocenters. The zero-order valence-corrected chi connectivity index (χ0v) is 27.5. The average Bonchev–Trinajstić information content (AvgIpc) is 3.98. The van der Waals surface area contributed by atoms with Crippen LogP contribution in [0.4, 0.5) is 5.69 Å². The van der Waals surface area contributed by atoms with Crippen molar-refractivity contribution in [1.29, 1.82) is 0 Å². The summed E-state index contributed by atoms with van der Waals surface area (Å²) in [6, 6.07) is 6.49. The van der Waals surface area contributed by atoms with E-state index in [1.165, 1.54) is 10.5 Å². The Balaban J connectivity index is 1.17. The third-order valence-electron chi connectivity index (χ3n) is 12.6. The number of rotatable bonds is 10. The highest BCUT2D eigenvalue weighted by Gasteiger charge is 2.68. The lowest BCUT2D eigenvalue weighted by Gasteiger charge is -2.68. The molecule has 2 heterocycles. The van der Waals surface area contributed by atoms with Gasteiger partial charge in [-0.25, -0.2) is 4.79 Å². The lowest BCUT2D eigenvalue weighted by Crippen LogP contribution is -2.64. The summed E-state index contributed by atoms with van der Waals surface area (Å²) in [5, 5.41) is 0. The SMILES string of the molecule is CC(C)C1=CC23CCC4C(C)(C(=O)OCC5CO5)CCCC4(C)C2CC1CC3C(=O)N(C=O)c1ccc(C(=O)OCC2CO2)cc1. The van der Waals surface area contributed by atoms with Gasteiger partial charge in [0, 0.05) is 11.3 Å². The number of ether oxygens (including phenoxy) is 4. The first-order valence-electron chi connectivity index (χ1n) is 17.2. The highest BCUT2D eigenvalue weighted by Crippen LogP contribution is 2.72. The van der Waals surface area contributed by atoms with Crippen molar-refractivity contribution >= 4 is 29.9 Å². The van der Waals surface area contributed by atoms with E-state index in [1.54, 1.807) is 24.3 Å². The van der Waals surface area contributed by atoms with Crippen molar-refractivity contribution in [2.45, 2.75) is 84.8 Å². The number of amides is 2. The van der Waals surface area contributed by atoms with Crippen molar-refractivity contribution in [3.05, 3.63) is 41.5 Å². The van der Waals surface area contributed by atoms with Crippen LogP contribution < -0.4 is 4.90 Å². The molecular formula is C37H47NO8. The standard InChI is InChI=1S/C37H47NO8/c1-22(2)28-16-37-13-10-30-35(3,11-5-12-36(30,4)34(42)46-20-27-18-44-27)31(37)15-24(28)14-29(37)32(40)38(21-39)25-8-6-23(7-9-25)33(41)45-19-26-17-43-26/h6-9,16,21-22,24,26-27,29-31H,5,10-15,17-20H2,1-4H3. The third-order valence-corrected chi connectivity index (χ3v) is 12.6. The van der Waals surface area contributed by atoms with Gasteiger partial charge in [0.2, 0.25) is 12.3 Å². The van der Waals surface area contributed by atoms with Gasteiger partial charge in [0.05, 0.1) is 29.9 Å². The number of allylic oxidation sites excluding steroid dienone is 2. The Morgan fingerprint density at radius 2 is 1.63 bits per heavy atom. The van der Waals surface area contributed by atoms with Crippen molar-refractivity contribution in [2.75, 3.05) is 31.3 Å². The Kier molecular flexibility index (Phi) is 7.95. The molecule has 9 nitrogen and oxygen atoms in total. The van der Waals surface area contributed by atoms with Gasteiger partial charge < -0.3 is 18.9 Å². The molecule has 2 amide bonds. The van der Waals surface area contributed by atoms with Crippen LogP contribution in [-0.4, -0.2) is 62.9 Å². The number of hydrogen-bond acceptors (Lipinski definition) is 8. The Bertz CT molecular complexity index is 1430. The molecule has 248 valence electrons. The first-order valence-corrected chi connectivity index (χ1v) is 17.2. The second kappa shape index (κ2) is 11.6. The lowest BCUT2D eigenvalue weighted by molar-refractivity contribution is -0.194. The predicted molar refractivity (Wildman–Crippen MR) is 169 cm³/mol. The Hall–Kier alpha value is -3.04. The number of hydrogen-bond donors (Lipinski definition) is 0.